The fourth-order valence-electron chi connectivity index (χ4n) is 3.45. The zero-order chi connectivity index (χ0) is 22.0. The Hall–Kier alpha value is -3.25. The number of fused-ring (bicyclic) bond motifs is 1. The Morgan fingerprint density at radius 3 is 2.45 bits per heavy atom. The number of hydrogen-bond acceptors (Lipinski definition) is 5. The summed E-state index contributed by atoms with van der Waals surface area (Å²) in [5, 5.41) is 2.52. The van der Waals surface area contributed by atoms with Crippen molar-refractivity contribution in [2.45, 2.75) is 39.8 Å². The van der Waals surface area contributed by atoms with Gasteiger partial charge in [0.2, 0.25) is 0 Å². The predicted octanol–water partition coefficient (Wildman–Crippen LogP) is 5.36. The number of aryl methyl sites for hydroxylation is 1. The first kappa shape index (κ1) is 21.0. The lowest BCUT2D eigenvalue weighted by Crippen LogP contribution is -2.24. The molecule has 0 aliphatic rings. The van der Waals surface area contributed by atoms with Gasteiger partial charge in [0.25, 0.3) is 5.56 Å². The summed E-state index contributed by atoms with van der Waals surface area (Å²) in [6.45, 7) is 5.95. The van der Waals surface area contributed by atoms with Gasteiger partial charge in [-0.1, -0.05) is 31.2 Å². The highest BCUT2D eigenvalue weighted by atomic mass is 32.1. The molecule has 6 heteroatoms. The van der Waals surface area contributed by atoms with E-state index in [1.54, 1.807) is 24.3 Å². The smallest absolute Gasteiger partial charge is 0.263 e. The van der Waals surface area contributed by atoms with E-state index in [-0.39, 0.29) is 24.0 Å². The molecule has 5 nitrogen and oxygen atoms in total. The van der Waals surface area contributed by atoms with Gasteiger partial charge in [0.1, 0.15) is 10.6 Å². The fourth-order valence-corrected chi connectivity index (χ4v) is 4.36. The second-order valence-corrected chi connectivity index (χ2v) is 8.53. The summed E-state index contributed by atoms with van der Waals surface area (Å²) in [5.41, 5.74) is 3.41. The van der Waals surface area contributed by atoms with Crippen LogP contribution in [0.15, 0.2) is 65.0 Å². The first-order chi connectivity index (χ1) is 15.0. The van der Waals surface area contributed by atoms with Crippen molar-refractivity contribution in [2.24, 2.45) is 0 Å². The summed E-state index contributed by atoms with van der Waals surface area (Å²) in [4.78, 5) is 31.1. The molecule has 158 valence electrons. The highest BCUT2D eigenvalue weighted by Crippen LogP contribution is 2.30. The number of Topliss-reactive ketones (excluding diaryl/α,β-unsaturated/α-hetero) is 1. The number of nitrogens with zero attached hydrogens (tertiary/aromatic N) is 2. The maximum Gasteiger partial charge on any atom is 0.263 e. The SMILES string of the molecule is CCc1ccc(-c2csc3ncn(CC(=O)c4ccc(OC(C)C)cc4)c(=O)c23)cc1. The molecule has 0 fully saturated rings. The van der Waals surface area contributed by atoms with Gasteiger partial charge in [-0.3, -0.25) is 14.2 Å². The molecule has 0 N–H and O–H groups in total. The van der Waals surface area contributed by atoms with Crippen molar-refractivity contribution in [3.05, 3.63) is 81.7 Å². The van der Waals surface area contributed by atoms with Crippen molar-refractivity contribution in [1.82, 2.24) is 9.55 Å². The van der Waals surface area contributed by atoms with E-state index in [2.05, 4.69) is 24.0 Å². The standard InChI is InChI=1S/C25H24N2O3S/c1-4-17-5-7-18(8-6-17)21-14-31-24-23(21)25(29)27(15-26-24)13-22(28)19-9-11-20(12-10-19)30-16(2)3/h5-12,14-16H,4,13H2,1-3H3. The number of hydrogen-bond donors (Lipinski definition) is 0. The van der Waals surface area contributed by atoms with Crippen molar-refractivity contribution in [3.8, 4) is 16.9 Å². The Kier molecular flexibility index (Phi) is 6.00. The molecule has 2 aromatic carbocycles. The third-order valence-corrected chi connectivity index (χ3v) is 5.98. The van der Waals surface area contributed by atoms with Crippen molar-refractivity contribution in [2.75, 3.05) is 0 Å². The molecular formula is C25H24N2O3S. The number of thiophene rings is 1. The molecule has 0 spiro atoms. The summed E-state index contributed by atoms with van der Waals surface area (Å²) < 4.78 is 7.01. The van der Waals surface area contributed by atoms with Crippen LogP contribution in [-0.4, -0.2) is 21.4 Å². The van der Waals surface area contributed by atoms with E-state index >= 15 is 0 Å². The highest BCUT2D eigenvalue weighted by molar-refractivity contribution is 7.17. The molecule has 2 heterocycles. The fraction of sp³-hybridized carbons (Fsp3) is 0.240. The van der Waals surface area contributed by atoms with Crippen LogP contribution >= 0.6 is 11.3 Å². The maximum atomic E-state index is 13.2. The van der Waals surface area contributed by atoms with Gasteiger partial charge >= 0.3 is 0 Å². The van der Waals surface area contributed by atoms with Crippen LogP contribution in [0.2, 0.25) is 0 Å². The molecule has 0 unspecified atom stereocenters. The van der Waals surface area contributed by atoms with E-state index in [4.69, 9.17) is 4.74 Å². The average Bonchev–Trinajstić information content (AvgIpc) is 3.21. The van der Waals surface area contributed by atoms with Crippen LogP contribution in [0.4, 0.5) is 0 Å². The third-order valence-electron chi connectivity index (χ3n) is 5.10. The lowest BCUT2D eigenvalue weighted by molar-refractivity contribution is 0.0970. The number of benzene rings is 2. The van der Waals surface area contributed by atoms with Gasteiger partial charge in [0.05, 0.1) is 24.4 Å². The van der Waals surface area contributed by atoms with Gasteiger partial charge in [0, 0.05) is 16.5 Å². The van der Waals surface area contributed by atoms with Crippen LogP contribution in [0.5, 0.6) is 5.75 Å². The van der Waals surface area contributed by atoms with Crippen molar-refractivity contribution >= 4 is 27.3 Å². The van der Waals surface area contributed by atoms with Gasteiger partial charge < -0.3 is 4.74 Å². The van der Waals surface area contributed by atoms with Crippen LogP contribution in [0.3, 0.4) is 0 Å². The number of ketones is 1. The molecule has 0 atom stereocenters. The molecular weight excluding hydrogens is 408 g/mol. The summed E-state index contributed by atoms with van der Waals surface area (Å²) in [5.74, 6) is 0.562. The van der Waals surface area contributed by atoms with E-state index in [1.165, 1.54) is 27.8 Å². The maximum absolute atomic E-state index is 13.2. The second-order valence-electron chi connectivity index (χ2n) is 7.67. The van der Waals surface area contributed by atoms with E-state index in [0.29, 0.717) is 21.5 Å². The van der Waals surface area contributed by atoms with Gasteiger partial charge in [-0.05, 0) is 55.7 Å². The summed E-state index contributed by atoms with van der Waals surface area (Å²) >= 11 is 1.44. The molecule has 0 saturated heterocycles. The molecule has 0 radical (unpaired) electrons. The van der Waals surface area contributed by atoms with Crippen LogP contribution in [0.1, 0.15) is 36.7 Å². The molecule has 2 aromatic heterocycles. The Balaban J connectivity index is 1.63. The first-order valence-electron chi connectivity index (χ1n) is 10.3. The number of rotatable bonds is 7. The van der Waals surface area contributed by atoms with Crippen LogP contribution in [0, 0.1) is 0 Å². The minimum atomic E-state index is -0.200. The molecule has 0 bridgehead atoms. The van der Waals surface area contributed by atoms with E-state index in [0.717, 1.165) is 17.5 Å². The molecule has 4 rings (SSSR count). The van der Waals surface area contributed by atoms with Crippen LogP contribution in [0.25, 0.3) is 21.3 Å². The second kappa shape index (κ2) is 8.86. The van der Waals surface area contributed by atoms with E-state index in [1.807, 2.05) is 31.4 Å². The van der Waals surface area contributed by atoms with Crippen molar-refractivity contribution in [3.63, 3.8) is 0 Å². The first-order valence-corrected chi connectivity index (χ1v) is 11.2. The summed E-state index contributed by atoms with van der Waals surface area (Å²) in [6, 6.07) is 15.2. The molecule has 0 amide bonds. The molecule has 0 saturated carbocycles. The Labute approximate surface area is 185 Å². The Morgan fingerprint density at radius 1 is 1.10 bits per heavy atom. The normalized spacial score (nSPS) is 11.2. The molecule has 31 heavy (non-hydrogen) atoms. The quantitative estimate of drug-likeness (QED) is 0.369. The Morgan fingerprint density at radius 2 is 1.81 bits per heavy atom. The predicted molar refractivity (Wildman–Crippen MR) is 125 cm³/mol. The lowest BCUT2D eigenvalue weighted by atomic mass is 10.0. The zero-order valence-corrected chi connectivity index (χ0v) is 18.6. The zero-order valence-electron chi connectivity index (χ0n) is 17.8. The molecule has 0 aliphatic carbocycles. The number of carbonyl (C=O) groups is 1. The van der Waals surface area contributed by atoms with Crippen LogP contribution in [-0.2, 0) is 13.0 Å². The average molecular weight is 433 g/mol. The highest BCUT2D eigenvalue weighted by Gasteiger charge is 2.15. The third kappa shape index (κ3) is 4.44. The topological polar surface area (TPSA) is 61.2 Å². The molecule has 0 aliphatic heterocycles. The van der Waals surface area contributed by atoms with Gasteiger partial charge in [-0.15, -0.1) is 11.3 Å². The number of carbonyl (C=O) groups excluding carboxylic acids is 1. The number of ether oxygens (including phenoxy) is 1. The van der Waals surface area contributed by atoms with Crippen molar-refractivity contribution in [1.29, 1.82) is 0 Å². The minimum absolute atomic E-state index is 0.0593. The summed E-state index contributed by atoms with van der Waals surface area (Å²) in [6.07, 6.45) is 2.49. The summed E-state index contributed by atoms with van der Waals surface area (Å²) in [7, 11) is 0. The van der Waals surface area contributed by atoms with Gasteiger partial charge in [0.15, 0.2) is 5.78 Å². The van der Waals surface area contributed by atoms with Gasteiger partial charge in [-0.25, -0.2) is 4.98 Å². The largest absolute Gasteiger partial charge is 0.491 e. The monoisotopic (exact) mass is 432 g/mol. The van der Waals surface area contributed by atoms with Gasteiger partial charge in [-0.2, -0.15) is 0 Å². The van der Waals surface area contributed by atoms with Crippen LogP contribution < -0.4 is 10.3 Å². The minimum Gasteiger partial charge on any atom is -0.491 e. The molecule has 4 aromatic rings. The van der Waals surface area contributed by atoms with Crippen molar-refractivity contribution < 1.29 is 9.53 Å². The Bertz CT molecular complexity index is 1270. The number of aromatic nitrogens is 2. The lowest BCUT2D eigenvalue weighted by Gasteiger charge is -2.10. The van der Waals surface area contributed by atoms with E-state index < -0.39 is 0 Å². The van der Waals surface area contributed by atoms with E-state index in [9.17, 15) is 9.59 Å².